The lowest BCUT2D eigenvalue weighted by atomic mass is 10.0. The molecule has 0 spiro atoms. The lowest BCUT2D eigenvalue weighted by Crippen LogP contribution is -2.14. The van der Waals surface area contributed by atoms with Crippen LogP contribution in [-0.2, 0) is 0 Å². The molecule has 3 heteroatoms. The van der Waals surface area contributed by atoms with E-state index in [4.69, 9.17) is 0 Å². The van der Waals surface area contributed by atoms with Gasteiger partial charge in [0.05, 0.1) is 17.4 Å². The first kappa shape index (κ1) is 14.1. The van der Waals surface area contributed by atoms with Crippen LogP contribution in [0.15, 0.2) is 48.5 Å². The SMILES string of the molecule is CC[C@@H](O)c1ccccc1N(C)c1ccccc1C#N. The molecule has 1 atom stereocenters. The maximum atomic E-state index is 10.1. The van der Waals surface area contributed by atoms with Crippen molar-refractivity contribution in [2.45, 2.75) is 19.4 Å². The predicted molar refractivity (Wildman–Crippen MR) is 80.9 cm³/mol. The van der Waals surface area contributed by atoms with Crippen LogP contribution in [0, 0.1) is 11.3 Å². The Balaban J connectivity index is 2.49. The smallest absolute Gasteiger partial charge is 0.101 e. The minimum absolute atomic E-state index is 0.497. The molecule has 0 saturated carbocycles. The van der Waals surface area contributed by atoms with Crippen LogP contribution in [0.2, 0.25) is 0 Å². The van der Waals surface area contributed by atoms with Crippen molar-refractivity contribution in [3.05, 3.63) is 59.7 Å². The average molecular weight is 266 g/mol. The second kappa shape index (κ2) is 6.23. The van der Waals surface area contributed by atoms with Gasteiger partial charge in [0, 0.05) is 18.3 Å². The van der Waals surface area contributed by atoms with E-state index >= 15 is 0 Å². The maximum absolute atomic E-state index is 10.1. The molecule has 0 radical (unpaired) electrons. The number of para-hydroxylation sites is 2. The van der Waals surface area contributed by atoms with E-state index in [0.29, 0.717) is 12.0 Å². The largest absolute Gasteiger partial charge is 0.388 e. The topological polar surface area (TPSA) is 47.3 Å². The highest BCUT2D eigenvalue weighted by atomic mass is 16.3. The number of rotatable bonds is 4. The zero-order chi connectivity index (χ0) is 14.5. The van der Waals surface area contributed by atoms with E-state index in [2.05, 4.69) is 6.07 Å². The summed E-state index contributed by atoms with van der Waals surface area (Å²) >= 11 is 0. The number of aliphatic hydroxyl groups excluding tert-OH is 1. The summed E-state index contributed by atoms with van der Waals surface area (Å²) in [6.45, 7) is 1.95. The summed E-state index contributed by atoms with van der Waals surface area (Å²) < 4.78 is 0. The van der Waals surface area contributed by atoms with E-state index in [0.717, 1.165) is 16.9 Å². The van der Waals surface area contributed by atoms with E-state index in [1.54, 1.807) is 6.07 Å². The molecule has 3 nitrogen and oxygen atoms in total. The number of nitrogens with zero attached hydrogens (tertiary/aromatic N) is 2. The quantitative estimate of drug-likeness (QED) is 0.916. The first-order valence-electron chi connectivity index (χ1n) is 6.68. The lowest BCUT2D eigenvalue weighted by molar-refractivity contribution is 0.174. The van der Waals surface area contributed by atoms with Crippen LogP contribution in [0.5, 0.6) is 0 Å². The van der Waals surface area contributed by atoms with E-state index in [1.807, 2.05) is 61.3 Å². The second-order valence-electron chi connectivity index (χ2n) is 4.67. The number of aliphatic hydroxyl groups is 1. The zero-order valence-corrected chi connectivity index (χ0v) is 11.7. The van der Waals surface area contributed by atoms with Crippen molar-refractivity contribution in [3.8, 4) is 6.07 Å². The molecule has 1 N–H and O–H groups in total. The third-order valence-corrected chi connectivity index (χ3v) is 3.43. The van der Waals surface area contributed by atoms with E-state index < -0.39 is 6.10 Å². The van der Waals surface area contributed by atoms with E-state index in [-0.39, 0.29) is 0 Å². The van der Waals surface area contributed by atoms with Crippen LogP contribution >= 0.6 is 0 Å². The molecule has 20 heavy (non-hydrogen) atoms. The van der Waals surface area contributed by atoms with Crippen molar-refractivity contribution >= 4 is 11.4 Å². The van der Waals surface area contributed by atoms with Gasteiger partial charge in [-0.25, -0.2) is 0 Å². The molecule has 0 aromatic heterocycles. The van der Waals surface area contributed by atoms with Gasteiger partial charge in [0.1, 0.15) is 6.07 Å². The van der Waals surface area contributed by atoms with Gasteiger partial charge in [-0.2, -0.15) is 5.26 Å². The zero-order valence-electron chi connectivity index (χ0n) is 11.7. The Morgan fingerprint density at radius 2 is 1.70 bits per heavy atom. The number of anilines is 2. The Kier molecular flexibility index (Phi) is 4.39. The molecule has 0 fully saturated rings. The van der Waals surface area contributed by atoms with Crippen LogP contribution in [-0.4, -0.2) is 12.2 Å². The first-order chi connectivity index (χ1) is 9.69. The van der Waals surface area contributed by atoms with Gasteiger partial charge in [-0.15, -0.1) is 0 Å². The van der Waals surface area contributed by atoms with Crippen molar-refractivity contribution in [1.82, 2.24) is 0 Å². The van der Waals surface area contributed by atoms with Crippen molar-refractivity contribution in [1.29, 1.82) is 5.26 Å². The Bertz CT molecular complexity index is 631. The lowest BCUT2D eigenvalue weighted by Gasteiger charge is -2.25. The summed E-state index contributed by atoms with van der Waals surface area (Å²) in [5, 5.41) is 19.4. The molecule has 0 unspecified atom stereocenters. The molecular weight excluding hydrogens is 248 g/mol. The Hall–Kier alpha value is -2.31. The Morgan fingerprint density at radius 1 is 1.10 bits per heavy atom. The van der Waals surface area contributed by atoms with Gasteiger partial charge in [0.25, 0.3) is 0 Å². The van der Waals surface area contributed by atoms with E-state index in [1.165, 1.54) is 0 Å². The van der Waals surface area contributed by atoms with Gasteiger partial charge >= 0.3 is 0 Å². The van der Waals surface area contributed by atoms with Crippen molar-refractivity contribution in [2.75, 3.05) is 11.9 Å². The highest BCUT2D eigenvalue weighted by Gasteiger charge is 2.15. The Morgan fingerprint density at radius 3 is 2.35 bits per heavy atom. The van der Waals surface area contributed by atoms with Crippen molar-refractivity contribution in [2.24, 2.45) is 0 Å². The summed E-state index contributed by atoms with van der Waals surface area (Å²) in [5.74, 6) is 0. The van der Waals surface area contributed by atoms with Gasteiger partial charge < -0.3 is 10.0 Å². The summed E-state index contributed by atoms with van der Waals surface area (Å²) in [6, 6.07) is 17.4. The van der Waals surface area contributed by atoms with Crippen molar-refractivity contribution in [3.63, 3.8) is 0 Å². The summed E-state index contributed by atoms with van der Waals surface area (Å²) in [4.78, 5) is 1.95. The normalized spacial score (nSPS) is 11.7. The number of benzene rings is 2. The van der Waals surface area contributed by atoms with Gasteiger partial charge in [0.15, 0.2) is 0 Å². The molecule has 0 aliphatic carbocycles. The molecule has 0 bridgehead atoms. The maximum Gasteiger partial charge on any atom is 0.101 e. The molecule has 0 amide bonds. The average Bonchev–Trinajstić information content (AvgIpc) is 2.53. The van der Waals surface area contributed by atoms with Gasteiger partial charge in [-0.3, -0.25) is 0 Å². The minimum atomic E-state index is -0.497. The van der Waals surface area contributed by atoms with Crippen LogP contribution in [0.3, 0.4) is 0 Å². The third kappa shape index (κ3) is 2.66. The number of hydrogen-bond acceptors (Lipinski definition) is 3. The molecule has 2 aromatic rings. The molecule has 102 valence electrons. The summed E-state index contributed by atoms with van der Waals surface area (Å²) in [7, 11) is 1.91. The van der Waals surface area contributed by atoms with Gasteiger partial charge in [-0.05, 0) is 24.6 Å². The molecule has 0 aliphatic heterocycles. The molecule has 2 aromatic carbocycles. The molecule has 0 saturated heterocycles. The fourth-order valence-electron chi connectivity index (χ4n) is 2.29. The van der Waals surface area contributed by atoms with Gasteiger partial charge in [0.2, 0.25) is 0 Å². The Labute approximate surface area is 119 Å². The predicted octanol–water partition coefficient (Wildman–Crippen LogP) is 3.77. The first-order valence-corrected chi connectivity index (χ1v) is 6.68. The third-order valence-electron chi connectivity index (χ3n) is 3.43. The molecule has 0 heterocycles. The molecular formula is C17H18N2O. The van der Waals surface area contributed by atoms with Crippen molar-refractivity contribution < 1.29 is 5.11 Å². The summed E-state index contributed by atoms with van der Waals surface area (Å²) in [5.41, 5.74) is 3.26. The number of hydrogen-bond donors (Lipinski definition) is 1. The van der Waals surface area contributed by atoms with Crippen LogP contribution in [0.1, 0.15) is 30.6 Å². The van der Waals surface area contributed by atoms with Gasteiger partial charge in [-0.1, -0.05) is 37.3 Å². The van der Waals surface area contributed by atoms with Crippen LogP contribution in [0.4, 0.5) is 11.4 Å². The highest BCUT2D eigenvalue weighted by Crippen LogP contribution is 2.33. The fraction of sp³-hybridized carbons (Fsp3) is 0.235. The minimum Gasteiger partial charge on any atom is -0.388 e. The standard InChI is InChI=1S/C17H18N2O/c1-3-17(20)14-9-5-7-11-16(14)19(2)15-10-6-4-8-13(15)12-18/h4-11,17,20H,3H2,1-2H3/t17-/m1/s1. The van der Waals surface area contributed by atoms with E-state index in [9.17, 15) is 10.4 Å². The fourth-order valence-corrected chi connectivity index (χ4v) is 2.29. The molecule has 0 aliphatic rings. The van der Waals surface area contributed by atoms with Crippen LogP contribution < -0.4 is 4.90 Å². The second-order valence-corrected chi connectivity index (χ2v) is 4.67. The number of nitriles is 1. The summed E-state index contributed by atoms with van der Waals surface area (Å²) in [6.07, 6.45) is 0.160. The monoisotopic (exact) mass is 266 g/mol. The molecule has 2 rings (SSSR count). The van der Waals surface area contributed by atoms with Crippen LogP contribution in [0.25, 0.3) is 0 Å². The highest BCUT2D eigenvalue weighted by molar-refractivity contribution is 5.71.